The normalized spacial score (nSPS) is 10.7. The lowest BCUT2D eigenvalue weighted by Gasteiger charge is -2.11. The standard InChI is InChI=1S/C16H12Cl2N2/c17-14-4-2-5-15(18)13(14)10-20-16-6-1-3-11-7-8-19-9-12(11)16/h1-9,20H,10H2. The van der Waals surface area contributed by atoms with Crippen LogP contribution in [0.2, 0.25) is 10.0 Å². The molecule has 0 aliphatic carbocycles. The minimum absolute atomic E-state index is 0.576. The van der Waals surface area contributed by atoms with Crippen LogP contribution in [0.4, 0.5) is 5.69 Å². The zero-order chi connectivity index (χ0) is 13.9. The van der Waals surface area contributed by atoms with E-state index >= 15 is 0 Å². The largest absolute Gasteiger partial charge is 0.380 e. The first-order valence-electron chi connectivity index (χ1n) is 6.25. The maximum Gasteiger partial charge on any atom is 0.0470 e. The molecule has 1 aromatic heterocycles. The summed E-state index contributed by atoms with van der Waals surface area (Å²) in [6, 6.07) is 13.6. The van der Waals surface area contributed by atoms with E-state index in [9.17, 15) is 0 Å². The molecule has 0 atom stereocenters. The number of anilines is 1. The monoisotopic (exact) mass is 302 g/mol. The number of nitrogens with one attached hydrogen (secondary N) is 1. The predicted molar refractivity (Wildman–Crippen MR) is 85.5 cm³/mol. The number of hydrogen-bond donors (Lipinski definition) is 1. The first-order valence-corrected chi connectivity index (χ1v) is 7.01. The Morgan fingerprint density at radius 3 is 2.50 bits per heavy atom. The van der Waals surface area contributed by atoms with Crippen molar-refractivity contribution < 1.29 is 0 Å². The highest BCUT2D eigenvalue weighted by Gasteiger charge is 2.06. The average Bonchev–Trinajstić information content (AvgIpc) is 2.47. The minimum Gasteiger partial charge on any atom is -0.380 e. The summed E-state index contributed by atoms with van der Waals surface area (Å²) in [6.07, 6.45) is 3.64. The van der Waals surface area contributed by atoms with E-state index in [0.717, 1.165) is 22.0 Å². The van der Waals surface area contributed by atoms with Crippen LogP contribution < -0.4 is 5.32 Å². The second kappa shape index (κ2) is 5.70. The van der Waals surface area contributed by atoms with Gasteiger partial charge in [-0.15, -0.1) is 0 Å². The highest BCUT2D eigenvalue weighted by atomic mass is 35.5. The van der Waals surface area contributed by atoms with Gasteiger partial charge in [-0.3, -0.25) is 4.98 Å². The number of nitrogens with zero attached hydrogens (tertiary/aromatic N) is 1. The molecule has 3 rings (SSSR count). The smallest absolute Gasteiger partial charge is 0.0470 e. The molecule has 3 aromatic rings. The number of fused-ring (bicyclic) bond motifs is 1. The fourth-order valence-electron chi connectivity index (χ4n) is 2.15. The van der Waals surface area contributed by atoms with Crippen molar-refractivity contribution in [2.75, 3.05) is 5.32 Å². The van der Waals surface area contributed by atoms with Gasteiger partial charge in [0.1, 0.15) is 0 Å². The first kappa shape index (κ1) is 13.2. The van der Waals surface area contributed by atoms with E-state index in [4.69, 9.17) is 23.2 Å². The molecular weight excluding hydrogens is 291 g/mol. The molecule has 4 heteroatoms. The fraction of sp³-hybridized carbons (Fsp3) is 0.0625. The molecule has 0 unspecified atom stereocenters. The first-order chi connectivity index (χ1) is 9.75. The van der Waals surface area contributed by atoms with Crippen molar-refractivity contribution in [3.8, 4) is 0 Å². The highest BCUT2D eigenvalue weighted by Crippen LogP contribution is 2.27. The molecule has 0 saturated carbocycles. The van der Waals surface area contributed by atoms with Crippen LogP contribution in [0.25, 0.3) is 10.8 Å². The maximum atomic E-state index is 6.18. The summed E-state index contributed by atoms with van der Waals surface area (Å²) in [4.78, 5) is 4.17. The van der Waals surface area contributed by atoms with E-state index in [-0.39, 0.29) is 0 Å². The molecule has 0 spiro atoms. The lowest BCUT2D eigenvalue weighted by Crippen LogP contribution is -2.01. The Bertz CT molecular complexity index is 731. The van der Waals surface area contributed by atoms with E-state index in [1.807, 2.05) is 42.6 Å². The van der Waals surface area contributed by atoms with Crippen molar-refractivity contribution in [3.05, 3.63) is 70.5 Å². The number of aromatic nitrogens is 1. The van der Waals surface area contributed by atoms with Crippen LogP contribution in [0.3, 0.4) is 0 Å². The van der Waals surface area contributed by atoms with Gasteiger partial charge < -0.3 is 5.32 Å². The summed E-state index contributed by atoms with van der Waals surface area (Å²) in [5.74, 6) is 0. The molecule has 2 nitrogen and oxygen atoms in total. The third-order valence-electron chi connectivity index (χ3n) is 3.20. The number of rotatable bonds is 3. The molecule has 0 bridgehead atoms. The SMILES string of the molecule is Clc1cccc(Cl)c1CNc1cccc2ccncc12. The van der Waals surface area contributed by atoms with E-state index in [2.05, 4.69) is 16.4 Å². The summed E-state index contributed by atoms with van der Waals surface area (Å²) < 4.78 is 0. The molecule has 0 aliphatic rings. The third kappa shape index (κ3) is 2.58. The van der Waals surface area contributed by atoms with Crippen molar-refractivity contribution in [2.45, 2.75) is 6.54 Å². The van der Waals surface area contributed by atoms with Crippen molar-refractivity contribution in [2.24, 2.45) is 0 Å². The van der Waals surface area contributed by atoms with Crippen LogP contribution >= 0.6 is 23.2 Å². The summed E-state index contributed by atoms with van der Waals surface area (Å²) in [7, 11) is 0. The lowest BCUT2D eigenvalue weighted by atomic mass is 10.1. The lowest BCUT2D eigenvalue weighted by molar-refractivity contribution is 1.15. The van der Waals surface area contributed by atoms with Gasteiger partial charge in [-0.2, -0.15) is 0 Å². The van der Waals surface area contributed by atoms with Crippen LogP contribution in [-0.4, -0.2) is 4.98 Å². The molecule has 0 aliphatic heterocycles. The van der Waals surface area contributed by atoms with Gasteiger partial charge in [0.2, 0.25) is 0 Å². The zero-order valence-electron chi connectivity index (χ0n) is 10.6. The van der Waals surface area contributed by atoms with Crippen LogP contribution in [0.1, 0.15) is 5.56 Å². The Labute approximate surface area is 127 Å². The highest BCUT2D eigenvalue weighted by molar-refractivity contribution is 6.36. The van der Waals surface area contributed by atoms with E-state index in [1.54, 1.807) is 6.20 Å². The Kier molecular flexibility index (Phi) is 3.77. The van der Waals surface area contributed by atoms with Crippen LogP contribution in [0.15, 0.2) is 54.9 Å². The van der Waals surface area contributed by atoms with E-state index in [1.165, 1.54) is 0 Å². The molecule has 20 heavy (non-hydrogen) atoms. The molecule has 2 aromatic carbocycles. The number of benzene rings is 2. The quantitative estimate of drug-likeness (QED) is 0.723. The van der Waals surface area contributed by atoms with Gasteiger partial charge in [0.25, 0.3) is 0 Å². The number of halogens is 2. The topological polar surface area (TPSA) is 24.9 Å². The fourth-order valence-corrected chi connectivity index (χ4v) is 2.68. The number of pyridine rings is 1. The van der Waals surface area contributed by atoms with Gasteiger partial charge in [0.05, 0.1) is 0 Å². The van der Waals surface area contributed by atoms with Crippen molar-refractivity contribution in [1.29, 1.82) is 0 Å². The van der Waals surface area contributed by atoms with Crippen LogP contribution in [0, 0.1) is 0 Å². The molecule has 0 saturated heterocycles. The molecule has 100 valence electrons. The van der Waals surface area contributed by atoms with Crippen LogP contribution in [-0.2, 0) is 6.54 Å². The maximum absolute atomic E-state index is 6.18. The van der Waals surface area contributed by atoms with Crippen molar-refractivity contribution in [1.82, 2.24) is 4.98 Å². The average molecular weight is 303 g/mol. The van der Waals surface area contributed by atoms with Gasteiger partial charge in [-0.1, -0.05) is 41.4 Å². The minimum atomic E-state index is 0.576. The van der Waals surface area contributed by atoms with E-state index in [0.29, 0.717) is 16.6 Å². The molecule has 1 N–H and O–H groups in total. The molecule has 0 radical (unpaired) electrons. The second-order valence-corrected chi connectivity index (χ2v) is 5.27. The summed E-state index contributed by atoms with van der Waals surface area (Å²) in [5.41, 5.74) is 1.92. The van der Waals surface area contributed by atoms with Crippen molar-refractivity contribution in [3.63, 3.8) is 0 Å². The molecule has 0 amide bonds. The number of hydrogen-bond acceptors (Lipinski definition) is 2. The predicted octanol–water partition coefficient (Wildman–Crippen LogP) is 5.15. The molecular formula is C16H12Cl2N2. The van der Waals surface area contributed by atoms with Gasteiger partial charge >= 0.3 is 0 Å². The Morgan fingerprint density at radius 1 is 0.950 bits per heavy atom. The van der Waals surface area contributed by atoms with Gasteiger partial charge in [-0.05, 0) is 29.7 Å². The Hall–Kier alpha value is -1.77. The van der Waals surface area contributed by atoms with Crippen LogP contribution in [0.5, 0.6) is 0 Å². The summed E-state index contributed by atoms with van der Waals surface area (Å²) >= 11 is 12.4. The molecule has 1 heterocycles. The van der Waals surface area contributed by atoms with Gasteiger partial charge in [0.15, 0.2) is 0 Å². The Balaban J connectivity index is 1.91. The van der Waals surface area contributed by atoms with E-state index < -0.39 is 0 Å². The molecule has 0 fully saturated rings. The third-order valence-corrected chi connectivity index (χ3v) is 3.91. The summed E-state index contributed by atoms with van der Waals surface area (Å²) in [5, 5.41) is 6.95. The van der Waals surface area contributed by atoms with Gasteiger partial charge in [-0.25, -0.2) is 0 Å². The van der Waals surface area contributed by atoms with Crippen molar-refractivity contribution >= 4 is 39.7 Å². The second-order valence-electron chi connectivity index (χ2n) is 4.46. The Morgan fingerprint density at radius 2 is 1.70 bits per heavy atom. The zero-order valence-corrected chi connectivity index (χ0v) is 12.1. The van der Waals surface area contributed by atoms with Gasteiger partial charge in [0, 0.05) is 45.6 Å². The summed E-state index contributed by atoms with van der Waals surface area (Å²) in [6.45, 7) is 0.576.